The standard InChI is InChI=1S/C17H18N4O/c1-13(2)22-16-10-8-14(9-11-16)12-21-19-17(18-20-21)15-6-4-3-5-7-15/h3-11,13H,12H2,1-2H3. The number of rotatable bonds is 5. The van der Waals surface area contributed by atoms with Crippen molar-refractivity contribution in [2.75, 3.05) is 0 Å². The molecule has 0 spiro atoms. The lowest BCUT2D eigenvalue weighted by molar-refractivity contribution is 0.242. The highest BCUT2D eigenvalue weighted by Crippen LogP contribution is 2.15. The normalized spacial score (nSPS) is 10.9. The van der Waals surface area contributed by atoms with Gasteiger partial charge in [0, 0.05) is 5.56 Å². The van der Waals surface area contributed by atoms with Crippen LogP contribution in [0.5, 0.6) is 5.75 Å². The van der Waals surface area contributed by atoms with Crippen LogP contribution >= 0.6 is 0 Å². The van der Waals surface area contributed by atoms with Crippen LogP contribution in [0.3, 0.4) is 0 Å². The lowest BCUT2D eigenvalue weighted by atomic mass is 10.2. The Morgan fingerprint density at radius 1 is 1.00 bits per heavy atom. The van der Waals surface area contributed by atoms with Crippen molar-refractivity contribution in [3.8, 4) is 17.1 Å². The molecular formula is C17H18N4O. The van der Waals surface area contributed by atoms with Gasteiger partial charge in [0.1, 0.15) is 5.75 Å². The van der Waals surface area contributed by atoms with E-state index in [4.69, 9.17) is 4.74 Å². The Kier molecular flexibility index (Phi) is 4.14. The van der Waals surface area contributed by atoms with Crippen molar-refractivity contribution in [1.29, 1.82) is 0 Å². The summed E-state index contributed by atoms with van der Waals surface area (Å²) in [6.45, 7) is 4.61. The van der Waals surface area contributed by atoms with Crippen molar-refractivity contribution in [2.45, 2.75) is 26.5 Å². The fourth-order valence-corrected chi connectivity index (χ4v) is 2.12. The number of hydrogen-bond donors (Lipinski definition) is 0. The van der Waals surface area contributed by atoms with Crippen molar-refractivity contribution in [2.24, 2.45) is 0 Å². The van der Waals surface area contributed by atoms with Crippen LogP contribution in [0.2, 0.25) is 0 Å². The summed E-state index contributed by atoms with van der Waals surface area (Å²) in [5.74, 6) is 1.51. The van der Waals surface area contributed by atoms with E-state index in [1.807, 2.05) is 68.4 Å². The molecule has 0 bridgehead atoms. The topological polar surface area (TPSA) is 52.8 Å². The molecule has 0 atom stereocenters. The summed E-state index contributed by atoms with van der Waals surface area (Å²) < 4.78 is 5.63. The summed E-state index contributed by atoms with van der Waals surface area (Å²) in [7, 11) is 0. The van der Waals surface area contributed by atoms with Crippen molar-refractivity contribution in [3.63, 3.8) is 0 Å². The number of tetrazole rings is 1. The first-order valence-electron chi connectivity index (χ1n) is 7.29. The molecule has 1 aromatic heterocycles. The van der Waals surface area contributed by atoms with Gasteiger partial charge in [-0.1, -0.05) is 42.5 Å². The number of nitrogens with zero attached hydrogens (tertiary/aromatic N) is 4. The zero-order valence-electron chi connectivity index (χ0n) is 12.7. The highest BCUT2D eigenvalue weighted by Gasteiger charge is 2.06. The third-order valence-electron chi connectivity index (χ3n) is 3.10. The summed E-state index contributed by atoms with van der Waals surface area (Å²) in [5.41, 5.74) is 2.07. The Balaban J connectivity index is 1.70. The van der Waals surface area contributed by atoms with Gasteiger partial charge in [-0.3, -0.25) is 0 Å². The molecule has 5 heteroatoms. The van der Waals surface area contributed by atoms with E-state index in [0.717, 1.165) is 16.9 Å². The SMILES string of the molecule is CC(C)Oc1ccc(Cn2nnc(-c3ccccc3)n2)cc1. The molecule has 3 aromatic rings. The van der Waals surface area contributed by atoms with Gasteiger partial charge in [0.15, 0.2) is 0 Å². The molecule has 0 N–H and O–H groups in total. The average Bonchev–Trinajstić information content (AvgIpc) is 2.98. The first-order valence-corrected chi connectivity index (χ1v) is 7.29. The molecular weight excluding hydrogens is 276 g/mol. The van der Waals surface area contributed by atoms with E-state index in [-0.39, 0.29) is 6.10 Å². The summed E-state index contributed by atoms with van der Waals surface area (Å²) >= 11 is 0. The van der Waals surface area contributed by atoms with Gasteiger partial charge in [-0.2, -0.15) is 4.80 Å². The van der Waals surface area contributed by atoms with Crippen LogP contribution in [0.4, 0.5) is 0 Å². The predicted molar refractivity (Wildman–Crippen MR) is 84.6 cm³/mol. The second-order valence-corrected chi connectivity index (χ2v) is 5.32. The highest BCUT2D eigenvalue weighted by atomic mass is 16.5. The van der Waals surface area contributed by atoms with Crippen LogP contribution in [0.25, 0.3) is 11.4 Å². The van der Waals surface area contributed by atoms with Gasteiger partial charge < -0.3 is 4.74 Å². The molecule has 0 aliphatic heterocycles. The van der Waals surface area contributed by atoms with Gasteiger partial charge in [0.05, 0.1) is 12.6 Å². The molecule has 0 unspecified atom stereocenters. The van der Waals surface area contributed by atoms with Gasteiger partial charge in [0.25, 0.3) is 0 Å². The minimum atomic E-state index is 0.177. The number of ether oxygens (including phenoxy) is 1. The van der Waals surface area contributed by atoms with Crippen LogP contribution in [0.15, 0.2) is 54.6 Å². The summed E-state index contributed by atoms with van der Waals surface area (Å²) in [5, 5.41) is 12.6. The van der Waals surface area contributed by atoms with E-state index in [2.05, 4.69) is 15.4 Å². The molecule has 5 nitrogen and oxygen atoms in total. The number of benzene rings is 2. The maximum absolute atomic E-state index is 5.63. The first kappa shape index (κ1) is 14.3. The van der Waals surface area contributed by atoms with Gasteiger partial charge in [-0.15, -0.1) is 10.2 Å². The van der Waals surface area contributed by atoms with Gasteiger partial charge in [-0.25, -0.2) is 0 Å². The minimum absolute atomic E-state index is 0.177. The molecule has 0 aliphatic carbocycles. The molecule has 112 valence electrons. The highest BCUT2D eigenvalue weighted by molar-refractivity contribution is 5.52. The lowest BCUT2D eigenvalue weighted by Crippen LogP contribution is -2.06. The molecule has 0 saturated carbocycles. The molecule has 1 heterocycles. The fraction of sp³-hybridized carbons (Fsp3) is 0.235. The van der Waals surface area contributed by atoms with Gasteiger partial charge in [-0.05, 0) is 36.8 Å². The zero-order valence-corrected chi connectivity index (χ0v) is 12.7. The first-order chi connectivity index (χ1) is 10.7. The van der Waals surface area contributed by atoms with Crippen LogP contribution in [-0.4, -0.2) is 26.3 Å². The van der Waals surface area contributed by atoms with E-state index in [1.165, 1.54) is 0 Å². The second-order valence-electron chi connectivity index (χ2n) is 5.32. The summed E-state index contributed by atoms with van der Waals surface area (Å²) in [6, 6.07) is 17.8. The zero-order chi connectivity index (χ0) is 15.4. The van der Waals surface area contributed by atoms with Gasteiger partial charge >= 0.3 is 0 Å². The van der Waals surface area contributed by atoms with Crippen molar-refractivity contribution < 1.29 is 4.74 Å². The van der Waals surface area contributed by atoms with E-state index >= 15 is 0 Å². The maximum atomic E-state index is 5.63. The Morgan fingerprint density at radius 3 is 2.41 bits per heavy atom. The summed E-state index contributed by atoms with van der Waals surface area (Å²) in [4.78, 5) is 1.60. The van der Waals surface area contributed by atoms with Crippen molar-refractivity contribution in [1.82, 2.24) is 20.2 Å². The smallest absolute Gasteiger partial charge is 0.204 e. The van der Waals surface area contributed by atoms with Crippen molar-refractivity contribution in [3.05, 3.63) is 60.2 Å². The number of aromatic nitrogens is 4. The van der Waals surface area contributed by atoms with E-state index in [0.29, 0.717) is 12.4 Å². The molecule has 0 fully saturated rings. The fourth-order valence-electron chi connectivity index (χ4n) is 2.12. The average molecular weight is 294 g/mol. The Labute approximate surface area is 129 Å². The quantitative estimate of drug-likeness (QED) is 0.725. The third-order valence-corrected chi connectivity index (χ3v) is 3.10. The Morgan fingerprint density at radius 2 is 1.73 bits per heavy atom. The summed E-state index contributed by atoms with van der Waals surface area (Å²) in [6.07, 6.45) is 0.177. The molecule has 2 aromatic carbocycles. The Bertz CT molecular complexity index is 720. The van der Waals surface area contributed by atoms with Crippen LogP contribution < -0.4 is 4.74 Å². The third kappa shape index (κ3) is 3.49. The van der Waals surface area contributed by atoms with Crippen LogP contribution in [0.1, 0.15) is 19.4 Å². The molecule has 0 radical (unpaired) electrons. The van der Waals surface area contributed by atoms with E-state index in [1.54, 1.807) is 4.80 Å². The predicted octanol–water partition coefficient (Wildman–Crippen LogP) is 3.18. The van der Waals surface area contributed by atoms with Crippen LogP contribution in [-0.2, 0) is 6.54 Å². The number of hydrogen-bond acceptors (Lipinski definition) is 4. The van der Waals surface area contributed by atoms with E-state index < -0.39 is 0 Å². The van der Waals surface area contributed by atoms with Gasteiger partial charge in [0.2, 0.25) is 5.82 Å². The van der Waals surface area contributed by atoms with Crippen molar-refractivity contribution >= 4 is 0 Å². The molecule has 0 amide bonds. The maximum Gasteiger partial charge on any atom is 0.204 e. The van der Waals surface area contributed by atoms with E-state index in [9.17, 15) is 0 Å². The Hall–Kier alpha value is -2.69. The monoisotopic (exact) mass is 294 g/mol. The largest absolute Gasteiger partial charge is 0.491 e. The minimum Gasteiger partial charge on any atom is -0.491 e. The lowest BCUT2D eigenvalue weighted by Gasteiger charge is -2.09. The second kappa shape index (κ2) is 6.39. The molecule has 0 aliphatic rings. The van der Waals surface area contributed by atoms with Crippen LogP contribution in [0, 0.1) is 0 Å². The molecule has 0 saturated heterocycles. The molecule has 3 rings (SSSR count). The molecule has 22 heavy (non-hydrogen) atoms.